The first-order valence-corrected chi connectivity index (χ1v) is 7.85. The van der Waals surface area contributed by atoms with Crippen molar-refractivity contribution in [2.75, 3.05) is 5.32 Å². The second kappa shape index (κ2) is 5.34. The van der Waals surface area contributed by atoms with Crippen molar-refractivity contribution in [1.29, 1.82) is 0 Å². The number of hydrogen-bond donors (Lipinski definition) is 1. The van der Waals surface area contributed by atoms with Crippen LogP contribution in [0.5, 0.6) is 0 Å². The molecule has 1 nitrogen and oxygen atoms in total. The van der Waals surface area contributed by atoms with E-state index < -0.39 is 0 Å². The number of fused-ring (bicyclic) bond motifs is 3. The SMILES string of the molecule is Cc1ccc(Nc2cccc3c2CCc2ccccc2-3)cc1. The molecule has 0 bridgehead atoms. The van der Waals surface area contributed by atoms with Crippen LogP contribution in [0, 0.1) is 6.92 Å². The van der Waals surface area contributed by atoms with Crippen molar-refractivity contribution in [2.24, 2.45) is 0 Å². The third-order valence-electron chi connectivity index (χ3n) is 4.46. The smallest absolute Gasteiger partial charge is 0.0423 e. The summed E-state index contributed by atoms with van der Waals surface area (Å²) in [4.78, 5) is 0. The van der Waals surface area contributed by atoms with Crippen molar-refractivity contribution in [3.05, 3.63) is 83.4 Å². The van der Waals surface area contributed by atoms with E-state index in [0.717, 1.165) is 18.5 Å². The number of benzene rings is 3. The van der Waals surface area contributed by atoms with E-state index in [-0.39, 0.29) is 0 Å². The van der Waals surface area contributed by atoms with E-state index in [2.05, 4.69) is 79.0 Å². The minimum absolute atomic E-state index is 1.10. The molecule has 1 N–H and O–H groups in total. The Hall–Kier alpha value is -2.54. The predicted octanol–water partition coefficient (Wildman–Crippen LogP) is 5.50. The fourth-order valence-electron chi connectivity index (χ4n) is 3.28. The molecule has 0 unspecified atom stereocenters. The highest BCUT2D eigenvalue weighted by Crippen LogP contribution is 2.37. The third-order valence-corrected chi connectivity index (χ3v) is 4.46. The van der Waals surface area contributed by atoms with Crippen molar-refractivity contribution in [3.63, 3.8) is 0 Å². The van der Waals surface area contributed by atoms with Gasteiger partial charge >= 0.3 is 0 Å². The highest BCUT2D eigenvalue weighted by Gasteiger charge is 2.17. The van der Waals surface area contributed by atoms with Crippen LogP contribution in [0.15, 0.2) is 66.7 Å². The lowest BCUT2D eigenvalue weighted by Gasteiger charge is -2.23. The summed E-state index contributed by atoms with van der Waals surface area (Å²) in [7, 11) is 0. The zero-order valence-electron chi connectivity index (χ0n) is 12.8. The topological polar surface area (TPSA) is 12.0 Å². The second-order valence-corrected chi connectivity index (χ2v) is 5.98. The first-order valence-electron chi connectivity index (χ1n) is 7.85. The molecule has 1 aliphatic carbocycles. The van der Waals surface area contributed by atoms with Gasteiger partial charge in [0.15, 0.2) is 0 Å². The summed E-state index contributed by atoms with van der Waals surface area (Å²) < 4.78 is 0. The van der Waals surface area contributed by atoms with Gasteiger partial charge in [0.2, 0.25) is 0 Å². The lowest BCUT2D eigenvalue weighted by molar-refractivity contribution is 0.944. The molecule has 3 aromatic rings. The zero-order chi connectivity index (χ0) is 14.9. The van der Waals surface area contributed by atoms with Gasteiger partial charge in [0, 0.05) is 11.4 Å². The quantitative estimate of drug-likeness (QED) is 0.655. The number of hydrogen-bond acceptors (Lipinski definition) is 1. The van der Waals surface area contributed by atoms with Crippen LogP contribution in [0.4, 0.5) is 11.4 Å². The summed E-state index contributed by atoms with van der Waals surface area (Å²) in [5, 5.41) is 3.59. The molecule has 0 radical (unpaired) electrons. The predicted molar refractivity (Wildman–Crippen MR) is 93.7 cm³/mol. The van der Waals surface area contributed by atoms with Gasteiger partial charge in [0.1, 0.15) is 0 Å². The summed E-state index contributed by atoms with van der Waals surface area (Å²) in [6.45, 7) is 2.12. The number of nitrogens with one attached hydrogen (secondary N) is 1. The number of aryl methyl sites for hydroxylation is 2. The minimum Gasteiger partial charge on any atom is -0.355 e. The van der Waals surface area contributed by atoms with Crippen LogP contribution >= 0.6 is 0 Å². The Labute approximate surface area is 131 Å². The Morgan fingerprint density at radius 2 is 1.50 bits per heavy atom. The summed E-state index contributed by atoms with van der Waals surface area (Å²) in [5.74, 6) is 0. The van der Waals surface area contributed by atoms with Crippen molar-refractivity contribution in [2.45, 2.75) is 19.8 Å². The number of rotatable bonds is 2. The van der Waals surface area contributed by atoms with Crippen molar-refractivity contribution in [1.82, 2.24) is 0 Å². The van der Waals surface area contributed by atoms with Gasteiger partial charge in [-0.05, 0) is 60.2 Å². The standard InChI is InChI=1S/C21H19N/c1-15-9-12-17(13-10-15)22-21-8-4-7-19-18-6-3-2-5-16(18)11-14-20(19)21/h2-10,12-13,22H,11,14H2,1H3. The molecule has 3 aromatic carbocycles. The largest absolute Gasteiger partial charge is 0.355 e. The molecule has 4 rings (SSSR count). The monoisotopic (exact) mass is 285 g/mol. The van der Waals surface area contributed by atoms with Gasteiger partial charge in [-0.15, -0.1) is 0 Å². The molecule has 0 atom stereocenters. The van der Waals surface area contributed by atoms with Crippen LogP contribution in [0.3, 0.4) is 0 Å². The lowest BCUT2D eigenvalue weighted by Crippen LogP contribution is -2.06. The summed E-state index contributed by atoms with van der Waals surface area (Å²) in [6.07, 6.45) is 2.22. The molecular formula is C21H19N. The highest BCUT2D eigenvalue weighted by molar-refractivity contribution is 5.80. The molecule has 0 amide bonds. The minimum atomic E-state index is 1.10. The Kier molecular flexibility index (Phi) is 3.19. The fraction of sp³-hybridized carbons (Fsp3) is 0.143. The average molecular weight is 285 g/mol. The first-order chi connectivity index (χ1) is 10.8. The molecule has 0 heterocycles. The van der Waals surface area contributed by atoms with Crippen LogP contribution in [-0.2, 0) is 12.8 Å². The number of anilines is 2. The average Bonchev–Trinajstić information content (AvgIpc) is 2.57. The van der Waals surface area contributed by atoms with Crippen LogP contribution in [0.25, 0.3) is 11.1 Å². The van der Waals surface area contributed by atoms with Crippen molar-refractivity contribution >= 4 is 11.4 Å². The van der Waals surface area contributed by atoms with Gasteiger partial charge in [-0.25, -0.2) is 0 Å². The highest BCUT2D eigenvalue weighted by atomic mass is 14.9. The molecule has 0 aliphatic heterocycles. The molecular weight excluding hydrogens is 266 g/mol. The Morgan fingerprint density at radius 3 is 2.36 bits per heavy atom. The molecule has 0 saturated heterocycles. The van der Waals surface area contributed by atoms with E-state index in [1.807, 2.05) is 0 Å². The van der Waals surface area contributed by atoms with Crippen LogP contribution in [-0.4, -0.2) is 0 Å². The van der Waals surface area contributed by atoms with Gasteiger partial charge in [-0.3, -0.25) is 0 Å². The van der Waals surface area contributed by atoms with E-state index in [0.29, 0.717) is 0 Å². The molecule has 0 saturated carbocycles. The Morgan fingerprint density at radius 1 is 0.727 bits per heavy atom. The molecule has 0 aromatic heterocycles. The van der Waals surface area contributed by atoms with E-state index in [1.54, 1.807) is 0 Å². The van der Waals surface area contributed by atoms with Crippen molar-refractivity contribution < 1.29 is 0 Å². The van der Waals surface area contributed by atoms with E-state index in [1.165, 1.54) is 33.5 Å². The molecule has 108 valence electrons. The maximum absolute atomic E-state index is 3.59. The van der Waals surface area contributed by atoms with Gasteiger partial charge in [-0.1, -0.05) is 54.1 Å². The molecule has 1 aliphatic rings. The normalized spacial score (nSPS) is 12.4. The second-order valence-electron chi connectivity index (χ2n) is 5.98. The zero-order valence-corrected chi connectivity index (χ0v) is 12.8. The molecule has 22 heavy (non-hydrogen) atoms. The molecule has 1 heteroatoms. The summed E-state index contributed by atoms with van der Waals surface area (Å²) in [5.41, 5.74) is 9.32. The maximum atomic E-state index is 3.59. The van der Waals surface area contributed by atoms with Gasteiger partial charge < -0.3 is 5.32 Å². The molecule has 0 fully saturated rings. The van der Waals surface area contributed by atoms with Gasteiger partial charge in [0.25, 0.3) is 0 Å². The maximum Gasteiger partial charge on any atom is 0.0423 e. The van der Waals surface area contributed by atoms with E-state index in [9.17, 15) is 0 Å². The van der Waals surface area contributed by atoms with E-state index >= 15 is 0 Å². The van der Waals surface area contributed by atoms with Gasteiger partial charge in [0.05, 0.1) is 0 Å². The van der Waals surface area contributed by atoms with Crippen LogP contribution in [0.1, 0.15) is 16.7 Å². The summed E-state index contributed by atoms with van der Waals surface area (Å²) >= 11 is 0. The first kappa shape index (κ1) is 13.1. The van der Waals surface area contributed by atoms with Crippen LogP contribution in [0.2, 0.25) is 0 Å². The lowest BCUT2D eigenvalue weighted by atomic mass is 9.85. The van der Waals surface area contributed by atoms with Crippen molar-refractivity contribution in [3.8, 4) is 11.1 Å². The van der Waals surface area contributed by atoms with E-state index in [4.69, 9.17) is 0 Å². The Balaban J connectivity index is 1.76. The third kappa shape index (κ3) is 2.29. The van der Waals surface area contributed by atoms with Gasteiger partial charge in [-0.2, -0.15) is 0 Å². The fourth-order valence-corrected chi connectivity index (χ4v) is 3.28. The van der Waals surface area contributed by atoms with Crippen LogP contribution < -0.4 is 5.32 Å². The Bertz CT molecular complexity index is 816. The molecule has 0 spiro atoms. The summed E-state index contributed by atoms with van der Waals surface area (Å²) in [6, 6.07) is 23.9.